The van der Waals surface area contributed by atoms with Crippen molar-refractivity contribution in [3.63, 3.8) is 0 Å². The lowest BCUT2D eigenvalue weighted by Gasteiger charge is -2.34. The van der Waals surface area contributed by atoms with Crippen LogP contribution in [0.5, 0.6) is 0 Å². The van der Waals surface area contributed by atoms with Crippen molar-refractivity contribution in [3.05, 3.63) is 35.7 Å². The summed E-state index contributed by atoms with van der Waals surface area (Å²) in [6.45, 7) is 5.07. The fraction of sp³-hybridized carbons (Fsp3) is 0.474. The summed E-state index contributed by atoms with van der Waals surface area (Å²) < 4.78 is 29.0. The lowest BCUT2D eigenvalue weighted by molar-refractivity contribution is -0.129. The summed E-state index contributed by atoms with van der Waals surface area (Å²) in [5.74, 6) is 1.26. The highest BCUT2D eigenvalue weighted by atomic mass is 32.2. The van der Waals surface area contributed by atoms with Crippen molar-refractivity contribution in [2.45, 2.75) is 29.8 Å². The molecule has 0 radical (unpaired) electrons. The molecule has 160 valence electrons. The van der Waals surface area contributed by atoms with Crippen LogP contribution in [0.1, 0.15) is 31.2 Å². The van der Waals surface area contributed by atoms with Crippen LogP contribution in [-0.2, 0) is 21.9 Å². The van der Waals surface area contributed by atoms with E-state index in [0.717, 1.165) is 5.82 Å². The summed E-state index contributed by atoms with van der Waals surface area (Å²) in [5.41, 5.74) is 0.122. The van der Waals surface area contributed by atoms with Gasteiger partial charge in [0.05, 0.1) is 16.2 Å². The third kappa shape index (κ3) is 4.50. The van der Waals surface area contributed by atoms with Crippen molar-refractivity contribution in [1.29, 1.82) is 5.26 Å². The second-order valence-electron chi connectivity index (χ2n) is 7.24. The Morgan fingerprint density at radius 1 is 1.20 bits per heavy atom. The van der Waals surface area contributed by atoms with Crippen LogP contribution in [0.25, 0.3) is 0 Å². The standard InChI is InChI=1S/C19H24N6O3S2/c1-14(2)18-21-22-19(23(18)3)29-13-17(26)24-8-10-25(11-9-24)30(27,28)16-7-5-4-6-15(16)12-20/h4-7,14H,8-11,13H2,1-3H3. The van der Waals surface area contributed by atoms with E-state index in [2.05, 4.69) is 10.2 Å². The molecule has 30 heavy (non-hydrogen) atoms. The Bertz CT molecular complexity index is 1070. The molecule has 0 N–H and O–H groups in total. The number of hydrogen-bond donors (Lipinski definition) is 0. The lowest BCUT2D eigenvalue weighted by Crippen LogP contribution is -2.51. The van der Waals surface area contributed by atoms with E-state index < -0.39 is 10.0 Å². The molecule has 0 bridgehead atoms. The molecular weight excluding hydrogens is 424 g/mol. The molecule has 0 spiro atoms. The molecule has 2 aromatic rings. The molecule has 1 aromatic carbocycles. The van der Waals surface area contributed by atoms with Crippen molar-refractivity contribution in [1.82, 2.24) is 24.0 Å². The SMILES string of the molecule is CC(C)c1nnc(SCC(=O)N2CCN(S(=O)(=O)c3ccccc3C#N)CC2)n1C. The maximum Gasteiger partial charge on any atom is 0.244 e. The summed E-state index contributed by atoms with van der Waals surface area (Å²) in [6.07, 6.45) is 0. The number of aromatic nitrogens is 3. The van der Waals surface area contributed by atoms with Crippen LogP contribution in [0.4, 0.5) is 0 Å². The first-order valence-electron chi connectivity index (χ1n) is 9.54. The van der Waals surface area contributed by atoms with Gasteiger partial charge in [-0.05, 0) is 12.1 Å². The minimum atomic E-state index is -3.77. The van der Waals surface area contributed by atoms with Crippen LogP contribution in [0.3, 0.4) is 0 Å². The Labute approximate surface area is 180 Å². The van der Waals surface area contributed by atoms with Gasteiger partial charge < -0.3 is 9.47 Å². The molecular formula is C19H24N6O3S2. The second kappa shape index (κ2) is 9.16. The van der Waals surface area contributed by atoms with Gasteiger partial charge in [-0.2, -0.15) is 9.57 Å². The molecule has 11 heteroatoms. The maximum atomic E-state index is 12.9. The molecule has 0 atom stereocenters. The van der Waals surface area contributed by atoms with Crippen LogP contribution in [0.15, 0.2) is 34.3 Å². The van der Waals surface area contributed by atoms with Gasteiger partial charge in [0, 0.05) is 39.1 Å². The van der Waals surface area contributed by atoms with Crippen molar-refractivity contribution in [3.8, 4) is 6.07 Å². The summed E-state index contributed by atoms with van der Waals surface area (Å²) in [7, 11) is -1.89. The zero-order valence-electron chi connectivity index (χ0n) is 17.1. The predicted octanol–water partition coefficient (Wildman–Crippen LogP) is 1.44. The zero-order valence-corrected chi connectivity index (χ0v) is 18.8. The molecule has 2 heterocycles. The maximum absolute atomic E-state index is 12.9. The molecule has 1 amide bonds. The molecule has 0 saturated carbocycles. The van der Waals surface area contributed by atoms with Gasteiger partial charge in [-0.25, -0.2) is 8.42 Å². The fourth-order valence-corrected chi connectivity index (χ4v) is 5.66. The molecule has 0 unspecified atom stereocenters. The Morgan fingerprint density at radius 2 is 1.87 bits per heavy atom. The minimum absolute atomic E-state index is 0.00562. The largest absolute Gasteiger partial charge is 0.339 e. The molecule has 1 saturated heterocycles. The van der Waals surface area contributed by atoms with Crippen molar-refractivity contribution >= 4 is 27.7 Å². The molecule has 1 aromatic heterocycles. The number of carbonyl (C=O) groups is 1. The van der Waals surface area contributed by atoms with E-state index in [-0.39, 0.29) is 41.1 Å². The topological polar surface area (TPSA) is 112 Å². The van der Waals surface area contributed by atoms with E-state index in [1.165, 1.54) is 28.2 Å². The first-order valence-corrected chi connectivity index (χ1v) is 12.0. The number of carbonyl (C=O) groups excluding carboxylic acids is 1. The highest BCUT2D eigenvalue weighted by molar-refractivity contribution is 7.99. The minimum Gasteiger partial charge on any atom is -0.339 e. The second-order valence-corrected chi connectivity index (χ2v) is 10.1. The smallest absolute Gasteiger partial charge is 0.244 e. The average molecular weight is 449 g/mol. The van der Waals surface area contributed by atoms with Gasteiger partial charge in [0.25, 0.3) is 0 Å². The van der Waals surface area contributed by atoms with Gasteiger partial charge in [0.1, 0.15) is 11.9 Å². The Kier molecular flexibility index (Phi) is 6.80. The number of piperazine rings is 1. The number of nitrogens with zero attached hydrogens (tertiary/aromatic N) is 6. The number of thioether (sulfide) groups is 1. The van der Waals surface area contributed by atoms with Gasteiger partial charge >= 0.3 is 0 Å². The predicted molar refractivity (Wildman–Crippen MR) is 112 cm³/mol. The van der Waals surface area contributed by atoms with Gasteiger partial charge in [0.15, 0.2) is 5.16 Å². The average Bonchev–Trinajstić information content (AvgIpc) is 3.12. The van der Waals surface area contributed by atoms with E-state index in [4.69, 9.17) is 0 Å². The third-order valence-electron chi connectivity index (χ3n) is 4.93. The third-order valence-corrected chi connectivity index (χ3v) is 7.89. The van der Waals surface area contributed by atoms with Crippen molar-refractivity contribution in [2.75, 3.05) is 31.9 Å². The molecule has 1 fully saturated rings. The van der Waals surface area contributed by atoms with E-state index in [0.29, 0.717) is 18.2 Å². The Hall–Kier alpha value is -2.42. The summed E-state index contributed by atoms with van der Waals surface area (Å²) >= 11 is 1.33. The number of rotatable bonds is 6. The summed E-state index contributed by atoms with van der Waals surface area (Å²) in [5, 5.41) is 18.2. The quantitative estimate of drug-likeness (QED) is 0.615. The van der Waals surface area contributed by atoms with E-state index in [9.17, 15) is 18.5 Å². The van der Waals surface area contributed by atoms with Crippen molar-refractivity contribution < 1.29 is 13.2 Å². The lowest BCUT2D eigenvalue weighted by atomic mass is 10.2. The fourth-order valence-electron chi connectivity index (χ4n) is 3.27. The zero-order chi connectivity index (χ0) is 21.9. The van der Waals surface area contributed by atoms with Crippen LogP contribution in [-0.4, -0.2) is 70.2 Å². The molecule has 1 aliphatic heterocycles. The number of amides is 1. The van der Waals surface area contributed by atoms with Gasteiger partial charge in [0.2, 0.25) is 15.9 Å². The number of benzene rings is 1. The normalized spacial score (nSPS) is 15.4. The monoisotopic (exact) mass is 448 g/mol. The van der Waals surface area contributed by atoms with Crippen LogP contribution < -0.4 is 0 Å². The Balaban J connectivity index is 1.59. The molecule has 0 aliphatic carbocycles. The highest BCUT2D eigenvalue weighted by Gasteiger charge is 2.31. The van der Waals surface area contributed by atoms with E-state index >= 15 is 0 Å². The van der Waals surface area contributed by atoms with Gasteiger partial charge in [-0.1, -0.05) is 37.7 Å². The van der Waals surface area contributed by atoms with E-state index in [1.54, 1.807) is 17.0 Å². The molecule has 1 aliphatic rings. The van der Waals surface area contributed by atoms with Crippen LogP contribution in [0, 0.1) is 11.3 Å². The molecule has 9 nitrogen and oxygen atoms in total. The van der Waals surface area contributed by atoms with Crippen molar-refractivity contribution in [2.24, 2.45) is 7.05 Å². The van der Waals surface area contributed by atoms with Gasteiger partial charge in [-0.15, -0.1) is 10.2 Å². The molecule has 3 rings (SSSR count). The first-order chi connectivity index (χ1) is 14.3. The van der Waals surface area contributed by atoms with E-state index in [1.807, 2.05) is 31.5 Å². The van der Waals surface area contributed by atoms with Crippen LogP contribution >= 0.6 is 11.8 Å². The van der Waals surface area contributed by atoms with Crippen LogP contribution in [0.2, 0.25) is 0 Å². The number of sulfonamides is 1. The highest BCUT2D eigenvalue weighted by Crippen LogP contribution is 2.23. The summed E-state index contributed by atoms with van der Waals surface area (Å²) in [6, 6.07) is 8.08. The number of nitriles is 1. The Morgan fingerprint density at radius 3 is 2.47 bits per heavy atom. The first kappa shape index (κ1) is 22.3. The number of hydrogen-bond acceptors (Lipinski definition) is 7. The van der Waals surface area contributed by atoms with Gasteiger partial charge in [-0.3, -0.25) is 4.79 Å². The summed E-state index contributed by atoms with van der Waals surface area (Å²) in [4.78, 5) is 14.3.